The maximum absolute atomic E-state index is 12.6. The molecular weight excluding hydrogens is 228 g/mol. The van der Waals surface area contributed by atoms with Gasteiger partial charge in [0.15, 0.2) is 0 Å². The standard InChI is InChI=1S/C7H3ClF4S/c8-13-4-1-2-6(9)5(3-4)7(10,11)12/h1-3H. The fourth-order valence-corrected chi connectivity index (χ4v) is 1.34. The summed E-state index contributed by atoms with van der Waals surface area (Å²) in [6.07, 6.45) is -4.67. The minimum absolute atomic E-state index is 0.162. The van der Waals surface area contributed by atoms with Gasteiger partial charge in [-0.15, -0.1) is 0 Å². The Bertz CT molecular complexity index is 310. The molecule has 0 radical (unpaired) electrons. The molecule has 0 heterocycles. The van der Waals surface area contributed by atoms with Crippen LogP contribution in [0.25, 0.3) is 0 Å². The summed E-state index contributed by atoms with van der Waals surface area (Å²) in [5.41, 5.74) is -1.29. The summed E-state index contributed by atoms with van der Waals surface area (Å²) in [4.78, 5) is 0.162. The van der Waals surface area contributed by atoms with E-state index in [1.807, 2.05) is 0 Å². The van der Waals surface area contributed by atoms with Crippen molar-refractivity contribution in [2.45, 2.75) is 11.1 Å². The lowest BCUT2D eigenvalue weighted by atomic mass is 10.2. The largest absolute Gasteiger partial charge is 0.419 e. The second kappa shape index (κ2) is 3.75. The molecule has 1 rings (SSSR count). The zero-order valence-electron chi connectivity index (χ0n) is 6.03. The van der Waals surface area contributed by atoms with Crippen LogP contribution < -0.4 is 0 Å². The van der Waals surface area contributed by atoms with E-state index in [-0.39, 0.29) is 4.90 Å². The van der Waals surface area contributed by atoms with Gasteiger partial charge in [-0.25, -0.2) is 4.39 Å². The SMILES string of the molecule is Fc1ccc(SCl)cc1C(F)(F)F. The van der Waals surface area contributed by atoms with E-state index in [4.69, 9.17) is 10.7 Å². The summed E-state index contributed by atoms with van der Waals surface area (Å²) >= 11 is 0. The molecule has 0 unspecified atom stereocenters. The van der Waals surface area contributed by atoms with Crippen LogP contribution in [0.3, 0.4) is 0 Å². The molecule has 72 valence electrons. The van der Waals surface area contributed by atoms with Gasteiger partial charge >= 0.3 is 6.18 Å². The average molecular weight is 231 g/mol. The first kappa shape index (κ1) is 10.7. The van der Waals surface area contributed by atoms with Gasteiger partial charge in [0.25, 0.3) is 0 Å². The van der Waals surface area contributed by atoms with Gasteiger partial charge in [-0.3, -0.25) is 0 Å². The molecule has 0 atom stereocenters. The first-order valence-corrected chi connectivity index (χ1v) is 4.75. The van der Waals surface area contributed by atoms with Crippen LogP contribution in [0.1, 0.15) is 5.56 Å². The molecular formula is C7H3ClF4S. The highest BCUT2D eigenvalue weighted by Gasteiger charge is 2.34. The maximum atomic E-state index is 12.6. The Balaban J connectivity index is 3.19. The second-order valence-corrected chi connectivity index (χ2v) is 3.31. The number of rotatable bonds is 1. The van der Waals surface area contributed by atoms with Crippen LogP contribution in [-0.2, 0) is 6.18 Å². The maximum Gasteiger partial charge on any atom is 0.419 e. The van der Waals surface area contributed by atoms with Gasteiger partial charge in [0, 0.05) is 4.90 Å². The van der Waals surface area contributed by atoms with Crippen LogP contribution in [0.5, 0.6) is 0 Å². The predicted molar refractivity (Wildman–Crippen MR) is 43.1 cm³/mol. The molecule has 0 N–H and O–H groups in total. The highest BCUT2D eigenvalue weighted by Crippen LogP contribution is 2.34. The molecule has 0 amide bonds. The van der Waals surface area contributed by atoms with Crippen molar-refractivity contribution in [3.8, 4) is 0 Å². The molecule has 0 saturated carbocycles. The Morgan fingerprint density at radius 1 is 1.23 bits per heavy atom. The van der Waals surface area contributed by atoms with Gasteiger partial charge in [0.05, 0.1) is 5.56 Å². The third-order valence-electron chi connectivity index (χ3n) is 1.33. The van der Waals surface area contributed by atoms with Crippen LogP contribution >= 0.6 is 21.7 Å². The van der Waals surface area contributed by atoms with Crippen molar-refractivity contribution in [1.29, 1.82) is 0 Å². The van der Waals surface area contributed by atoms with Crippen molar-refractivity contribution in [3.05, 3.63) is 29.6 Å². The van der Waals surface area contributed by atoms with E-state index in [0.29, 0.717) is 17.0 Å². The third kappa shape index (κ3) is 2.51. The Kier molecular flexibility index (Phi) is 3.08. The van der Waals surface area contributed by atoms with Crippen molar-refractivity contribution < 1.29 is 17.6 Å². The van der Waals surface area contributed by atoms with E-state index >= 15 is 0 Å². The summed E-state index contributed by atoms with van der Waals surface area (Å²) in [5.74, 6) is -1.29. The Labute approximate surface area is 80.4 Å². The molecule has 6 heteroatoms. The number of hydrogen-bond acceptors (Lipinski definition) is 1. The zero-order chi connectivity index (χ0) is 10.1. The van der Waals surface area contributed by atoms with E-state index in [1.54, 1.807) is 0 Å². The van der Waals surface area contributed by atoms with E-state index in [0.717, 1.165) is 6.07 Å². The van der Waals surface area contributed by atoms with Gasteiger partial charge in [-0.1, -0.05) is 0 Å². The van der Waals surface area contributed by atoms with E-state index in [1.165, 1.54) is 6.07 Å². The summed E-state index contributed by atoms with van der Waals surface area (Å²) in [6.45, 7) is 0. The molecule has 0 aliphatic heterocycles. The highest BCUT2D eigenvalue weighted by atomic mass is 35.7. The summed E-state index contributed by atoms with van der Waals surface area (Å²) in [7, 11) is 5.84. The van der Waals surface area contributed by atoms with Crippen molar-refractivity contribution >= 4 is 21.7 Å². The molecule has 0 bridgehead atoms. The van der Waals surface area contributed by atoms with Gasteiger partial charge in [-0.05, 0) is 39.9 Å². The third-order valence-corrected chi connectivity index (χ3v) is 2.30. The van der Waals surface area contributed by atoms with Crippen LogP contribution in [-0.4, -0.2) is 0 Å². The van der Waals surface area contributed by atoms with Gasteiger partial charge in [0.1, 0.15) is 5.82 Å². The minimum atomic E-state index is -4.67. The molecule has 0 aliphatic rings. The van der Waals surface area contributed by atoms with Crippen LogP contribution in [0.2, 0.25) is 0 Å². The predicted octanol–water partition coefficient (Wildman–Crippen LogP) is 4.09. The summed E-state index contributed by atoms with van der Waals surface area (Å²) < 4.78 is 48.8. The fourth-order valence-electron chi connectivity index (χ4n) is 0.770. The number of alkyl halides is 3. The van der Waals surface area contributed by atoms with E-state index in [9.17, 15) is 17.6 Å². The fraction of sp³-hybridized carbons (Fsp3) is 0.143. The topological polar surface area (TPSA) is 0 Å². The first-order chi connectivity index (χ1) is 5.95. The summed E-state index contributed by atoms with van der Waals surface area (Å²) in [5, 5.41) is 0. The minimum Gasteiger partial charge on any atom is -0.206 e. The first-order valence-electron chi connectivity index (χ1n) is 3.10. The highest BCUT2D eigenvalue weighted by molar-refractivity contribution is 8.21. The second-order valence-electron chi connectivity index (χ2n) is 2.22. The van der Waals surface area contributed by atoms with Crippen LogP contribution in [0.15, 0.2) is 23.1 Å². The molecule has 0 aliphatic carbocycles. The molecule has 0 saturated heterocycles. The van der Waals surface area contributed by atoms with Gasteiger partial charge in [0.2, 0.25) is 0 Å². The Morgan fingerprint density at radius 2 is 1.85 bits per heavy atom. The molecule has 0 fully saturated rings. The lowest BCUT2D eigenvalue weighted by Gasteiger charge is -2.08. The smallest absolute Gasteiger partial charge is 0.206 e. The molecule has 0 nitrogen and oxygen atoms in total. The Morgan fingerprint density at radius 3 is 2.31 bits per heavy atom. The van der Waals surface area contributed by atoms with Crippen molar-refractivity contribution in [2.75, 3.05) is 0 Å². The van der Waals surface area contributed by atoms with E-state index in [2.05, 4.69) is 0 Å². The monoisotopic (exact) mass is 230 g/mol. The number of benzene rings is 1. The van der Waals surface area contributed by atoms with Crippen LogP contribution in [0.4, 0.5) is 17.6 Å². The molecule has 0 aromatic heterocycles. The number of halogens is 5. The van der Waals surface area contributed by atoms with Crippen molar-refractivity contribution in [3.63, 3.8) is 0 Å². The lowest BCUT2D eigenvalue weighted by molar-refractivity contribution is -0.140. The summed E-state index contributed by atoms with van der Waals surface area (Å²) in [6, 6.07) is 2.60. The van der Waals surface area contributed by atoms with E-state index < -0.39 is 17.6 Å². The van der Waals surface area contributed by atoms with Gasteiger partial charge in [-0.2, -0.15) is 13.2 Å². The van der Waals surface area contributed by atoms with Crippen molar-refractivity contribution in [2.24, 2.45) is 0 Å². The number of hydrogen-bond donors (Lipinski definition) is 0. The normalized spacial score (nSPS) is 11.8. The molecule has 1 aromatic rings. The molecule has 13 heavy (non-hydrogen) atoms. The zero-order valence-corrected chi connectivity index (χ0v) is 7.60. The van der Waals surface area contributed by atoms with Crippen molar-refractivity contribution in [1.82, 2.24) is 0 Å². The average Bonchev–Trinajstić information content (AvgIpc) is 2.03. The lowest BCUT2D eigenvalue weighted by Crippen LogP contribution is -2.07. The molecule has 0 spiro atoms. The molecule has 1 aromatic carbocycles. The van der Waals surface area contributed by atoms with Gasteiger partial charge < -0.3 is 0 Å². The van der Waals surface area contributed by atoms with Crippen LogP contribution in [0, 0.1) is 5.82 Å². The Hall–Kier alpha value is -0.420. The quantitative estimate of drug-likeness (QED) is 0.655.